The van der Waals surface area contributed by atoms with Gasteiger partial charge in [-0.25, -0.2) is 15.1 Å². The maximum Gasteiger partial charge on any atom is 0.407 e. The molecule has 0 bridgehead atoms. The van der Waals surface area contributed by atoms with E-state index in [0.717, 1.165) is 47.9 Å². The lowest BCUT2D eigenvalue weighted by Crippen LogP contribution is -2.40. The summed E-state index contributed by atoms with van der Waals surface area (Å²) in [5, 5.41) is 11.4. The highest BCUT2D eigenvalue weighted by Gasteiger charge is 2.30. The van der Waals surface area contributed by atoms with Crippen LogP contribution in [0.1, 0.15) is 49.1 Å². The molecule has 4 rings (SSSR count). The molecule has 2 aromatic carbocycles. The van der Waals surface area contributed by atoms with Crippen LogP contribution in [0.3, 0.4) is 0 Å². The van der Waals surface area contributed by atoms with Crippen molar-refractivity contribution < 1.29 is 29.1 Å². The zero-order valence-corrected chi connectivity index (χ0v) is 19.0. The number of carboxylic acid groups (broad SMARTS) is 1. The average molecular weight is 467 g/mol. The number of carbonyl (C=O) groups excluding carboxylic acids is 2. The summed E-state index contributed by atoms with van der Waals surface area (Å²) >= 11 is 0. The molecule has 34 heavy (non-hydrogen) atoms. The topological polar surface area (TPSA) is 114 Å². The first-order chi connectivity index (χ1) is 16.5. The van der Waals surface area contributed by atoms with Gasteiger partial charge < -0.3 is 15.2 Å². The lowest BCUT2D eigenvalue weighted by atomic mass is 9.92. The molecule has 0 radical (unpaired) electrons. The molecule has 180 valence electrons. The summed E-state index contributed by atoms with van der Waals surface area (Å²) in [6.45, 7) is -0.335. The number of benzene rings is 2. The number of ether oxygens (including phenoxy) is 1. The number of fused-ring (bicyclic) bond motifs is 3. The quantitative estimate of drug-likeness (QED) is 0.458. The first kappa shape index (κ1) is 23.8. The van der Waals surface area contributed by atoms with Crippen LogP contribution in [0.2, 0.25) is 0 Å². The van der Waals surface area contributed by atoms with Gasteiger partial charge in [-0.3, -0.25) is 9.63 Å². The minimum Gasteiger partial charge on any atom is -0.479 e. The Morgan fingerprint density at radius 2 is 1.59 bits per heavy atom. The van der Waals surface area contributed by atoms with E-state index in [-0.39, 0.29) is 19.1 Å². The van der Waals surface area contributed by atoms with Gasteiger partial charge >= 0.3 is 12.1 Å². The van der Waals surface area contributed by atoms with E-state index in [2.05, 4.69) is 35.1 Å². The van der Waals surface area contributed by atoms with Gasteiger partial charge in [0.2, 0.25) is 5.91 Å². The Bertz CT molecular complexity index is 988. The molecule has 3 N–H and O–H groups in total. The first-order valence-corrected chi connectivity index (χ1v) is 11.7. The Balaban J connectivity index is 1.33. The highest BCUT2D eigenvalue weighted by Crippen LogP contribution is 2.44. The van der Waals surface area contributed by atoms with Gasteiger partial charge in [-0.05, 0) is 34.6 Å². The van der Waals surface area contributed by atoms with E-state index in [4.69, 9.17) is 14.7 Å². The molecule has 2 aromatic rings. The van der Waals surface area contributed by atoms with E-state index in [1.165, 1.54) is 0 Å². The van der Waals surface area contributed by atoms with Crippen LogP contribution in [-0.4, -0.2) is 42.8 Å². The van der Waals surface area contributed by atoms with E-state index in [9.17, 15) is 14.4 Å². The minimum atomic E-state index is -1.18. The summed E-state index contributed by atoms with van der Waals surface area (Å²) in [4.78, 5) is 40.4. The van der Waals surface area contributed by atoms with Crippen molar-refractivity contribution in [2.45, 2.75) is 38.0 Å². The Hall–Kier alpha value is -3.39. The third-order valence-electron chi connectivity index (χ3n) is 6.67. The molecule has 1 unspecified atom stereocenters. The van der Waals surface area contributed by atoms with Crippen LogP contribution in [-0.2, 0) is 19.2 Å². The normalized spacial score (nSPS) is 15.9. The third kappa shape index (κ3) is 5.75. The fraction of sp³-hybridized carbons (Fsp3) is 0.423. The van der Waals surface area contributed by atoms with E-state index in [1.807, 2.05) is 24.3 Å². The Labute approximate surface area is 198 Å². The van der Waals surface area contributed by atoms with Crippen LogP contribution in [0, 0.1) is 11.8 Å². The van der Waals surface area contributed by atoms with Crippen molar-refractivity contribution in [2.75, 3.05) is 19.8 Å². The molecule has 1 atom stereocenters. The Kier molecular flexibility index (Phi) is 7.80. The number of hydrogen-bond acceptors (Lipinski definition) is 5. The molecule has 8 heteroatoms. The van der Waals surface area contributed by atoms with Gasteiger partial charge in [-0.1, -0.05) is 74.2 Å². The van der Waals surface area contributed by atoms with Crippen molar-refractivity contribution in [1.29, 1.82) is 0 Å². The SMILES string of the molecule is O=C(O)CONC(=O)C(CNC(=O)OCC1c2ccccc2-c2ccccc21)CC1CCCC1. The molecule has 2 amide bonds. The zero-order chi connectivity index (χ0) is 23.9. The van der Waals surface area contributed by atoms with Gasteiger partial charge in [0.15, 0.2) is 6.61 Å². The molecule has 1 saturated carbocycles. The molecule has 1 fully saturated rings. The smallest absolute Gasteiger partial charge is 0.407 e. The van der Waals surface area contributed by atoms with Crippen molar-refractivity contribution in [3.63, 3.8) is 0 Å². The third-order valence-corrected chi connectivity index (χ3v) is 6.67. The van der Waals surface area contributed by atoms with Gasteiger partial charge in [0.05, 0.1) is 5.92 Å². The van der Waals surface area contributed by atoms with Crippen molar-refractivity contribution >= 4 is 18.0 Å². The van der Waals surface area contributed by atoms with E-state index in [0.29, 0.717) is 12.3 Å². The fourth-order valence-corrected chi connectivity index (χ4v) is 5.04. The number of aliphatic carboxylic acids is 1. The highest BCUT2D eigenvalue weighted by atomic mass is 16.7. The summed E-state index contributed by atoms with van der Waals surface area (Å²) in [5.74, 6) is -1.78. The van der Waals surface area contributed by atoms with Crippen molar-refractivity contribution in [2.24, 2.45) is 11.8 Å². The predicted octanol–water partition coefficient (Wildman–Crippen LogP) is 3.85. The largest absolute Gasteiger partial charge is 0.479 e. The number of hydrogen-bond donors (Lipinski definition) is 3. The van der Waals surface area contributed by atoms with E-state index in [1.54, 1.807) is 0 Å². The van der Waals surface area contributed by atoms with Crippen LogP contribution in [0.15, 0.2) is 48.5 Å². The summed E-state index contributed by atoms with van der Waals surface area (Å²) in [7, 11) is 0. The van der Waals surface area contributed by atoms with Crippen LogP contribution < -0.4 is 10.8 Å². The Morgan fingerprint density at radius 3 is 2.21 bits per heavy atom. The van der Waals surface area contributed by atoms with Crippen molar-refractivity contribution in [3.8, 4) is 11.1 Å². The fourth-order valence-electron chi connectivity index (χ4n) is 5.04. The van der Waals surface area contributed by atoms with Gasteiger partial charge in [0, 0.05) is 12.5 Å². The lowest BCUT2D eigenvalue weighted by Gasteiger charge is -2.20. The van der Waals surface area contributed by atoms with Gasteiger partial charge in [0.25, 0.3) is 0 Å². The number of amides is 2. The molecule has 8 nitrogen and oxygen atoms in total. The molecule has 0 saturated heterocycles. The summed E-state index contributed by atoms with van der Waals surface area (Å²) in [6.07, 6.45) is 4.38. The average Bonchev–Trinajstić information content (AvgIpc) is 3.46. The van der Waals surface area contributed by atoms with Gasteiger partial charge in [-0.2, -0.15) is 0 Å². The second-order valence-corrected chi connectivity index (χ2v) is 8.94. The van der Waals surface area contributed by atoms with Crippen LogP contribution in [0.4, 0.5) is 4.79 Å². The number of carboxylic acids is 1. The summed E-state index contributed by atoms with van der Waals surface area (Å²) in [5.41, 5.74) is 6.77. The van der Waals surface area contributed by atoms with Crippen molar-refractivity contribution in [1.82, 2.24) is 10.8 Å². The molecule has 2 aliphatic carbocycles. The number of nitrogens with one attached hydrogen (secondary N) is 2. The maximum atomic E-state index is 12.5. The van der Waals surface area contributed by atoms with Crippen LogP contribution in [0.5, 0.6) is 0 Å². The summed E-state index contributed by atoms with van der Waals surface area (Å²) in [6, 6.07) is 16.2. The number of hydroxylamine groups is 1. The first-order valence-electron chi connectivity index (χ1n) is 11.7. The molecule has 0 heterocycles. The van der Waals surface area contributed by atoms with E-state index < -0.39 is 30.5 Å². The molecule has 2 aliphatic rings. The number of carbonyl (C=O) groups is 3. The maximum absolute atomic E-state index is 12.5. The minimum absolute atomic E-state index is 0.0415. The second kappa shape index (κ2) is 11.2. The number of alkyl carbamates (subject to hydrolysis) is 1. The van der Waals surface area contributed by atoms with Crippen LogP contribution in [0.25, 0.3) is 11.1 Å². The molecular weight excluding hydrogens is 436 g/mol. The van der Waals surface area contributed by atoms with Gasteiger partial charge in [-0.15, -0.1) is 0 Å². The van der Waals surface area contributed by atoms with Crippen molar-refractivity contribution in [3.05, 3.63) is 59.7 Å². The zero-order valence-electron chi connectivity index (χ0n) is 19.0. The van der Waals surface area contributed by atoms with Crippen LogP contribution >= 0.6 is 0 Å². The molecule has 0 aliphatic heterocycles. The molecular formula is C26H30N2O6. The second-order valence-electron chi connectivity index (χ2n) is 8.94. The molecule has 0 spiro atoms. The van der Waals surface area contributed by atoms with Gasteiger partial charge in [0.1, 0.15) is 6.61 Å². The number of rotatable bonds is 10. The predicted molar refractivity (Wildman–Crippen MR) is 125 cm³/mol. The monoisotopic (exact) mass is 466 g/mol. The lowest BCUT2D eigenvalue weighted by molar-refractivity contribution is -0.150. The Morgan fingerprint density at radius 1 is 0.971 bits per heavy atom. The summed E-state index contributed by atoms with van der Waals surface area (Å²) < 4.78 is 5.56. The van der Waals surface area contributed by atoms with E-state index >= 15 is 0 Å². The highest BCUT2D eigenvalue weighted by molar-refractivity contribution is 5.80. The molecule has 0 aromatic heterocycles. The standard InChI is InChI=1S/C26H30N2O6/c29-24(30)16-34-28-25(31)18(13-17-7-1-2-8-17)14-27-26(32)33-15-23-21-11-5-3-9-19(21)20-10-4-6-12-22(20)23/h3-6,9-12,17-18,23H,1-2,7-8,13-16H2,(H,27,32)(H,28,31)(H,29,30).